The summed E-state index contributed by atoms with van der Waals surface area (Å²) in [6.45, 7) is 3.62. The van der Waals surface area contributed by atoms with E-state index in [9.17, 15) is 0 Å². The zero-order valence-electron chi connectivity index (χ0n) is 13.7. The van der Waals surface area contributed by atoms with Gasteiger partial charge in [0.25, 0.3) is 0 Å². The molecule has 0 aromatic carbocycles. The Morgan fingerprint density at radius 2 is 1.33 bits per heavy atom. The van der Waals surface area contributed by atoms with E-state index < -0.39 is 14.7 Å². The average molecular weight is 342 g/mol. The molecule has 1 unspecified atom stereocenters. The quantitative estimate of drug-likeness (QED) is 0.227. The second-order valence-corrected chi connectivity index (χ2v) is 6.42. The van der Waals surface area contributed by atoms with Gasteiger partial charge in [-0.1, -0.05) is 64.7 Å². The van der Waals surface area contributed by atoms with Crippen molar-refractivity contribution in [1.29, 1.82) is 0 Å². The van der Waals surface area contributed by atoms with Gasteiger partial charge in [0.05, 0.1) is 12.7 Å². The monoisotopic (exact) mass is 342 g/mol. The van der Waals surface area contributed by atoms with Crippen LogP contribution in [-0.4, -0.2) is 33.4 Å². The Morgan fingerprint density at radius 1 is 0.905 bits per heavy atom. The molecule has 0 bridgehead atoms. The van der Waals surface area contributed by atoms with E-state index in [1.165, 1.54) is 64.2 Å². The first kappa shape index (κ1) is 23.9. The molecule has 0 spiro atoms. The van der Waals surface area contributed by atoms with Crippen LogP contribution in [0, 0.1) is 0 Å². The molecule has 21 heavy (non-hydrogen) atoms. The summed E-state index contributed by atoms with van der Waals surface area (Å²) in [7, 11) is -2.31. The van der Waals surface area contributed by atoms with Gasteiger partial charge in [0.1, 0.15) is 0 Å². The Balaban J connectivity index is 0. The summed E-state index contributed by atoms with van der Waals surface area (Å²) in [5, 5.41) is 8.25. The van der Waals surface area contributed by atoms with Crippen molar-refractivity contribution in [3.05, 3.63) is 0 Å². The molecular weight excluding hydrogens is 307 g/mol. The Morgan fingerprint density at radius 3 is 1.62 bits per heavy atom. The van der Waals surface area contributed by atoms with Crippen LogP contribution in [0.5, 0.6) is 0 Å². The van der Waals surface area contributed by atoms with Gasteiger partial charge in [0.15, 0.2) is 0 Å². The summed E-state index contributed by atoms with van der Waals surface area (Å²) in [6.07, 6.45) is 13.7. The largest absolute Gasteiger partial charge is 0.394 e. The Bertz CT molecular complexity index is 175. The van der Waals surface area contributed by atoms with E-state index in [-0.39, 0.29) is 6.61 Å². The Labute approximate surface area is 137 Å². The smallest absolute Gasteiger partial charge is 0.327 e. The van der Waals surface area contributed by atoms with Crippen molar-refractivity contribution < 1.29 is 19.4 Å². The molecular formula is C15H35O4PS. The lowest BCUT2D eigenvalue weighted by molar-refractivity contribution is 0.114. The van der Waals surface area contributed by atoms with E-state index in [2.05, 4.69) is 24.1 Å². The van der Waals surface area contributed by atoms with Crippen LogP contribution < -0.4 is 0 Å². The highest BCUT2D eigenvalue weighted by Crippen LogP contribution is 2.26. The summed E-state index contributed by atoms with van der Waals surface area (Å²) in [5.74, 6) is 1.07. The predicted octanol–water partition coefficient (Wildman–Crippen LogP) is 4.43. The first-order valence-electron chi connectivity index (χ1n) is 8.14. The molecule has 0 amide bonds. The second kappa shape index (κ2) is 20.6. The Kier molecular flexibility index (Phi) is 23.4. The third kappa shape index (κ3) is 25.9. The van der Waals surface area contributed by atoms with Gasteiger partial charge in [-0.25, -0.2) is 0 Å². The minimum absolute atomic E-state index is 0.194. The lowest BCUT2D eigenvalue weighted by Crippen LogP contribution is -2.09. The van der Waals surface area contributed by atoms with Crippen LogP contribution in [0.3, 0.4) is 0 Å². The minimum atomic E-state index is -2.31. The van der Waals surface area contributed by atoms with Gasteiger partial charge in [0, 0.05) is 0 Å². The summed E-state index contributed by atoms with van der Waals surface area (Å²) in [6, 6.07) is 0. The molecule has 130 valence electrons. The van der Waals surface area contributed by atoms with E-state index in [0.29, 0.717) is 0 Å². The fourth-order valence-electron chi connectivity index (χ4n) is 1.79. The zero-order valence-corrected chi connectivity index (χ0v) is 15.5. The number of hydrogen-bond acceptors (Lipinski definition) is 5. The number of unbranched alkanes of at least 4 members (excludes halogenated alkanes) is 9. The minimum Gasteiger partial charge on any atom is -0.394 e. The van der Waals surface area contributed by atoms with Crippen molar-refractivity contribution in [2.45, 2.75) is 84.2 Å². The topological polar surface area (TPSA) is 69.9 Å². The third-order valence-corrected chi connectivity index (χ3v) is 3.91. The highest BCUT2D eigenvalue weighted by molar-refractivity contribution is 7.80. The molecule has 6 heteroatoms. The highest BCUT2D eigenvalue weighted by Gasteiger charge is 2.05. The van der Waals surface area contributed by atoms with Crippen LogP contribution in [-0.2, 0) is 4.52 Å². The molecule has 0 saturated heterocycles. The van der Waals surface area contributed by atoms with Crippen molar-refractivity contribution in [3.8, 4) is 0 Å². The van der Waals surface area contributed by atoms with E-state index in [0.717, 1.165) is 5.75 Å². The molecule has 0 aromatic heterocycles. The van der Waals surface area contributed by atoms with E-state index in [1.54, 1.807) is 6.92 Å². The molecule has 1 atom stereocenters. The zero-order chi connectivity index (χ0) is 16.3. The number of aliphatic hydroxyl groups excluding tert-OH is 1. The second-order valence-electron chi connectivity index (χ2n) is 5.26. The molecule has 4 nitrogen and oxygen atoms in total. The Hall–Kier alpha value is 0.620. The molecule has 0 fully saturated rings. The average Bonchev–Trinajstić information content (AvgIpc) is 2.45. The van der Waals surface area contributed by atoms with E-state index in [1.807, 2.05) is 0 Å². The van der Waals surface area contributed by atoms with Crippen molar-refractivity contribution in [3.63, 3.8) is 0 Å². The maximum absolute atomic E-state index is 8.25. The van der Waals surface area contributed by atoms with Gasteiger partial charge in [-0.3, -0.25) is 0 Å². The van der Waals surface area contributed by atoms with Crippen molar-refractivity contribution in [2.75, 3.05) is 12.4 Å². The standard InChI is InChI=1S/C12H26S.C3H9O4P/c1-2-3-4-5-6-7-8-9-10-11-12-13;1-3(2-4)7-8(5)6/h13H,2-12H2,1H3;3-6H,2H2,1H3. The van der Waals surface area contributed by atoms with Gasteiger partial charge < -0.3 is 19.4 Å². The fraction of sp³-hybridized carbons (Fsp3) is 1.00. The number of aliphatic hydroxyl groups is 1. The van der Waals surface area contributed by atoms with Crippen LogP contribution in [0.15, 0.2) is 0 Å². The molecule has 0 radical (unpaired) electrons. The van der Waals surface area contributed by atoms with Crippen molar-refractivity contribution in [2.24, 2.45) is 0 Å². The van der Waals surface area contributed by atoms with E-state index >= 15 is 0 Å². The fourth-order valence-corrected chi connectivity index (χ4v) is 2.41. The van der Waals surface area contributed by atoms with Gasteiger partial charge in [-0.15, -0.1) is 0 Å². The van der Waals surface area contributed by atoms with Crippen LogP contribution in [0.4, 0.5) is 0 Å². The number of hydrogen-bond donors (Lipinski definition) is 4. The normalized spacial score (nSPS) is 12.1. The van der Waals surface area contributed by atoms with Crippen molar-refractivity contribution in [1.82, 2.24) is 0 Å². The summed E-state index contributed by atoms with van der Waals surface area (Å²) in [5.41, 5.74) is 0. The predicted molar refractivity (Wildman–Crippen MR) is 94.7 cm³/mol. The van der Waals surface area contributed by atoms with Crippen molar-refractivity contribution >= 4 is 21.2 Å². The maximum atomic E-state index is 8.25. The molecule has 0 heterocycles. The first-order valence-corrected chi connectivity index (χ1v) is 9.94. The maximum Gasteiger partial charge on any atom is 0.327 e. The van der Waals surface area contributed by atoms with Crippen LogP contribution in [0.2, 0.25) is 0 Å². The highest BCUT2D eigenvalue weighted by atomic mass is 32.1. The summed E-state index contributed by atoms with van der Waals surface area (Å²) in [4.78, 5) is 16.3. The lowest BCUT2D eigenvalue weighted by Gasteiger charge is -2.07. The lowest BCUT2D eigenvalue weighted by atomic mass is 10.1. The number of rotatable bonds is 13. The molecule has 0 aliphatic rings. The molecule has 0 aromatic rings. The first-order chi connectivity index (χ1) is 10.1. The van der Waals surface area contributed by atoms with Gasteiger partial charge in [-0.05, 0) is 19.1 Å². The van der Waals surface area contributed by atoms with Gasteiger partial charge >= 0.3 is 8.60 Å². The molecule has 0 aliphatic heterocycles. The van der Waals surface area contributed by atoms with Crippen LogP contribution >= 0.6 is 21.2 Å². The van der Waals surface area contributed by atoms with Gasteiger partial charge in [-0.2, -0.15) is 12.6 Å². The van der Waals surface area contributed by atoms with Crippen LogP contribution in [0.25, 0.3) is 0 Å². The SMILES string of the molecule is CC(CO)OP(O)O.CCCCCCCCCCCCS. The molecule has 0 aliphatic carbocycles. The van der Waals surface area contributed by atoms with E-state index in [4.69, 9.17) is 14.9 Å². The van der Waals surface area contributed by atoms with Gasteiger partial charge in [0.2, 0.25) is 0 Å². The van der Waals surface area contributed by atoms with Crippen LogP contribution in [0.1, 0.15) is 78.1 Å². The number of thiol groups is 1. The molecule has 0 rings (SSSR count). The molecule has 3 N–H and O–H groups in total. The molecule has 0 saturated carbocycles. The summed E-state index contributed by atoms with van der Waals surface area (Å²) >= 11 is 4.20. The third-order valence-electron chi connectivity index (χ3n) is 3.04. The summed E-state index contributed by atoms with van der Waals surface area (Å²) < 4.78 is 4.33.